The van der Waals surface area contributed by atoms with E-state index in [2.05, 4.69) is 9.80 Å². The number of anilines is 1. The fraction of sp³-hybridized carbons (Fsp3) is 0.308. The van der Waals surface area contributed by atoms with E-state index in [-0.39, 0.29) is 11.8 Å². The maximum Gasteiger partial charge on any atom is 0.263 e. The predicted molar refractivity (Wildman–Crippen MR) is 132 cm³/mol. The van der Waals surface area contributed by atoms with Gasteiger partial charge in [-0.3, -0.25) is 19.4 Å². The largest absolute Gasteiger partial charge is 0.497 e. The molecule has 0 bridgehead atoms. The molecule has 0 N–H and O–H groups in total. The lowest BCUT2D eigenvalue weighted by atomic mass is 10.1. The highest BCUT2D eigenvalue weighted by molar-refractivity contribution is 7.07. The van der Waals surface area contributed by atoms with Crippen molar-refractivity contribution < 1.29 is 19.1 Å². The molecule has 1 saturated heterocycles. The molecule has 3 heterocycles. The zero-order valence-corrected chi connectivity index (χ0v) is 20.1. The maximum absolute atomic E-state index is 13.3. The zero-order chi connectivity index (χ0) is 23.7. The van der Waals surface area contributed by atoms with Crippen molar-refractivity contribution in [1.82, 2.24) is 9.80 Å². The molecular weight excluding hydrogens is 450 g/mol. The summed E-state index contributed by atoms with van der Waals surface area (Å²) in [6.07, 6.45) is 0. The van der Waals surface area contributed by atoms with Gasteiger partial charge >= 0.3 is 0 Å². The first-order valence-electron chi connectivity index (χ1n) is 11.3. The number of amides is 2. The second kappa shape index (κ2) is 9.48. The van der Waals surface area contributed by atoms with Crippen molar-refractivity contribution >= 4 is 28.8 Å². The topological polar surface area (TPSA) is 62.3 Å². The molecule has 2 amide bonds. The number of nitrogens with zero attached hydrogens (tertiary/aromatic N) is 3. The fourth-order valence-corrected chi connectivity index (χ4v) is 5.34. The van der Waals surface area contributed by atoms with Gasteiger partial charge in [-0.2, -0.15) is 11.3 Å². The normalized spacial score (nSPS) is 16.2. The first-order valence-corrected chi connectivity index (χ1v) is 12.2. The standard InChI is InChI=1S/C26H27N3O4S/c1-32-20-6-7-23(33-2)19(14-20)16-27-9-11-28(12-10-27)22-5-3-4-21-24(22)26(31)29(25(21)30)15-18-8-13-34-17-18/h3-8,13-14,17H,9-12,15-16H2,1-2H3. The molecule has 0 saturated carbocycles. The summed E-state index contributed by atoms with van der Waals surface area (Å²) < 4.78 is 10.9. The molecule has 7 nitrogen and oxygen atoms in total. The second-order valence-electron chi connectivity index (χ2n) is 8.47. The number of carbonyl (C=O) groups excluding carboxylic acids is 2. The third-order valence-electron chi connectivity index (χ3n) is 6.49. The van der Waals surface area contributed by atoms with E-state index in [9.17, 15) is 9.59 Å². The van der Waals surface area contributed by atoms with Gasteiger partial charge in [-0.05, 0) is 52.7 Å². The van der Waals surface area contributed by atoms with Crippen LogP contribution in [0.25, 0.3) is 0 Å². The molecule has 0 radical (unpaired) electrons. The van der Waals surface area contributed by atoms with E-state index in [0.717, 1.165) is 61.0 Å². The summed E-state index contributed by atoms with van der Waals surface area (Å²) in [4.78, 5) is 32.2. The zero-order valence-electron chi connectivity index (χ0n) is 19.3. The lowest BCUT2D eigenvalue weighted by molar-refractivity contribution is 0.0642. The molecule has 1 aromatic heterocycles. The minimum absolute atomic E-state index is 0.203. The predicted octanol–water partition coefficient (Wildman–Crippen LogP) is 3.88. The average Bonchev–Trinajstić information content (AvgIpc) is 3.47. The van der Waals surface area contributed by atoms with Crippen LogP contribution >= 0.6 is 11.3 Å². The van der Waals surface area contributed by atoms with Crippen LogP contribution in [0.15, 0.2) is 53.2 Å². The van der Waals surface area contributed by atoms with Gasteiger partial charge in [0.25, 0.3) is 11.8 Å². The molecule has 0 unspecified atom stereocenters. The van der Waals surface area contributed by atoms with Crippen molar-refractivity contribution in [3.05, 3.63) is 75.5 Å². The number of thiophene rings is 1. The SMILES string of the molecule is COc1ccc(OC)c(CN2CCN(c3cccc4c3C(=O)N(Cc3ccsc3)C4=O)CC2)c1. The van der Waals surface area contributed by atoms with E-state index in [0.29, 0.717) is 17.7 Å². The van der Waals surface area contributed by atoms with Crippen molar-refractivity contribution in [2.45, 2.75) is 13.1 Å². The highest BCUT2D eigenvalue weighted by Crippen LogP contribution is 2.34. The minimum Gasteiger partial charge on any atom is -0.497 e. The second-order valence-corrected chi connectivity index (χ2v) is 9.25. The number of carbonyl (C=O) groups is 2. The molecule has 34 heavy (non-hydrogen) atoms. The van der Waals surface area contributed by atoms with Crippen LogP contribution in [-0.4, -0.2) is 62.0 Å². The maximum atomic E-state index is 13.3. The van der Waals surface area contributed by atoms with Gasteiger partial charge < -0.3 is 14.4 Å². The van der Waals surface area contributed by atoms with Crippen LogP contribution in [-0.2, 0) is 13.1 Å². The monoisotopic (exact) mass is 477 g/mol. The Balaban J connectivity index is 1.30. The van der Waals surface area contributed by atoms with Crippen molar-refractivity contribution in [1.29, 1.82) is 0 Å². The van der Waals surface area contributed by atoms with Crippen molar-refractivity contribution in [3.63, 3.8) is 0 Å². The molecule has 0 spiro atoms. The van der Waals surface area contributed by atoms with Crippen LogP contribution in [0.2, 0.25) is 0 Å². The molecule has 176 valence electrons. The Labute approximate surface area is 203 Å². The Bertz CT molecular complexity index is 1200. The number of hydrogen-bond acceptors (Lipinski definition) is 7. The molecule has 0 atom stereocenters. The van der Waals surface area contributed by atoms with E-state index in [1.807, 2.05) is 47.2 Å². The number of hydrogen-bond donors (Lipinski definition) is 0. The summed E-state index contributed by atoms with van der Waals surface area (Å²) >= 11 is 1.56. The van der Waals surface area contributed by atoms with Gasteiger partial charge in [0, 0.05) is 38.3 Å². The summed E-state index contributed by atoms with van der Waals surface area (Å²) in [7, 11) is 3.34. The van der Waals surface area contributed by atoms with Crippen LogP contribution in [0.5, 0.6) is 11.5 Å². The fourth-order valence-electron chi connectivity index (χ4n) is 4.68. The molecule has 2 aromatic carbocycles. The molecule has 2 aliphatic heterocycles. The number of fused-ring (bicyclic) bond motifs is 1. The van der Waals surface area contributed by atoms with Gasteiger partial charge in [-0.15, -0.1) is 0 Å². The van der Waals surface area contributed by atoms with E-state index in [4.69, 9.17) is 9.47 Å². The Morgan fingerprint density at radius 3 is 2.44 bits per heavy atom. The Hall–Kier alpha value is -3.36. The lowest BCUT2D eigenvalue weighted by Gasteiger charge is -2.37. The smallest absolute Gasteiger partial charge is 0.263 e. The van der Waals surface area contributed by atoms with Crippen molar-refractivity contribution in [3.8, 4) is 11.5 Å². The summed E-state index contributed by atoms with van der Waals surface area (Å²) in [5.41, 5.74) is 3.94. The van der Waals surface area contributed by atoms with Gasteiger partial charge in [0.1, 0.15) is 11.5 Å². The molecule has 8 heteroatoms. The number of imide groups is 1. The van der Waals surface area contributed by atoms with Gasteiger partial charge in [0.05, 0.1) is 37.6 Å². The van der Waals surface area contributed by atoms with E-state index >= 15 is 0 Å². The number of ether oxygens (including phenoxy) is 2. The van der Waals surface area contributed by atoms with Crippen LogP contribution < -0.4 is 14.4 Å². The third-order valence-corrected chi connectivity index (χ3v) is 7.22. The summed E-state index contributed by atoms with van der Waals surface area (Å²) in [5.74, 6) is 1.24. The first-order chi connectivity index (χ1) is 16.6. The van der Waals surface area contributed by atoms with Gasteiger partial charge in [-0.25, -0.2) is 0 Å². The van der Waals surface area contributed by atoms with Crippen molar-refractivity contribution in [2.24, 2.45) is 0 Å². The van der Waals surface area contributed by atoms with Gasteiger partial charge in [0.15, 0.2) is 0 Å². The Morgan fingerprint density at radius 1 is 0.912 bits per heavy atom. The highest BCUT2D eigenvalue weighted by Gasteiger charge is 2.38. The number of benzene rings is 2. The Morgan fingerprint density at radius 2 is 1.74 bits per heavy atom. The van der Waals surface area contributed by atoms with Gasteiger partial charge in [-0.1, -0.05) is 6.07 Å². The Kier molecular flexibility index (Phi) is 6.26. The minimum atomic E-state index is -0.211. The number of methoxy groups -OCH3 is 2. The molecule has 3 aromatic rings. The quantitative estimate of drug-likeness (QED) is 0.482. The average molecular weight is 478 g/mol. The molecule has 0 aliphatic carbocycles. The summed E-state index contributed by atoms with van der Waals surface area (Å²) in [5, 5.41) is 3.93. The number of piperazine rings is 1. The van der Waals surface area contributed by atoms with Crippen molar-refractivity contribution in [2.75, 3.05) is 45.3 Å². The van der Waals surface area contributed by atoms with Crippen LogP contribution in [0.4, 0.5) is 5.69 Å². The lowest BCUT2D eigenvalue weighted by Crippen LogP contribution is -2.46. The summed E-state index contributed by atoms with van der Waals surface area (Å²) in [6, 6.07) is 13.4. The molecule has 1 fully saturated rings. The van der Waals surface area contributed by atoms with E-state index in [1.165, 1.54) is 4.90 Å². The van der Waals surface area contributed by atoms with Crippen LogP contribution in [0.3, 0.4) is 0 Å². The molecule has 5 rings (SSSR count). The third kappa shape index (κ3) is 4.15. The molecule has 2 aliphatic rings. The van der Waals surface area contributed by atoms with Crippen LogP contribution in [0.1, 0.15) is 31.8 Å². The first kappa shape index (κ1) is 22.4. The van der Waals surface area contributed by atoms with E-state index < -0.39 is 0 Å². The van der Waals surface area contributed by atoms with Gasteiger partial charge in [0.2, 0.25) is 0 Å². The van der Waals surface area contributed by atoms with E-state index in [1.54, 1.807) is 31.6 Å². The number of rotatable bonds is 7. The molecular formula is C26H27N3O4S. The highest BCUT2D eigenvalue weighted by atomic mass is 32.1. The summed E-state index contributed by atoms with van der Waals surface area (Å²) in [6.45, 7) is 4.29. The van der Waals surface area contributed by atoms with Crippen LogP contribution in [0, 0.1) is 0 Å².